The predicted molar refractivity (Wildman–Crippen MR) is 90.7 cm³/mol. The number of amides is 1. The van der Waals surface area contributed by atoms with Gasteiger partial charge in [-0.05, 0) is 51.0 Å². The van der Waals surface area contributed by atoms with Gasteiger partial charge in [0.05, 0.1) is 0 Å². The third-order valence-corrected chi connectivity index (χ3v) is 6.51. The van der Waals surface area contributed by atoms with Crippen molar-refractivity contribution in [3.63, 3.8) is 0 Å². The van der Waals surface area contributed by atoms with Crippen molar-refractivity contribution in [3.8, 4) is 0 Å². The maximum Gasteiger partial charge on any atom is 0.220 e. The fourth-order valence-corrected chi connectivity index (χ4v) is 5.37. The molecule has 2 N–H and O–H groups in total. The van der Waals surface area contributed by atoms with Gasteiger partial charge in [0.25, 0.3) is 0 Å². The summed E-state index contributed by atoms with van der Waals surface area (Å²) in [5.74, 6) is 1.27. The van der Waals surface area contributed by atoms with Crippen molar-refractivity contribution in [2.45, 2.75) is 52.0 Å². The largest absolute Gasteiger partial charge is 0.396 e. The van der Waals surface area contributed by atoms with Gasteiger partial charge in [-0.15, -0.1) is 11.3 Å². The summed E-state index contributed by atoms with van der Waals surface area (Å²) < 4.78 is 0. The Morgan fingerprint density at radius 1 is 1.26 bits per heavy atom. The Hall–Kier alpha value is -1.20. The van der Waals surface area contributed by atoms with E-state index in [4.69, 9.17) is 0 Å². The van der Waals surface area contributed by atoms with Gasteiger partial charge < -0.3 is 10.4 Å². The Morgan fingerprint density at radius 3 is 2.65 bits per heavy atom. The molecule has 2 aliphatic rings. The van der Waals surface area contributed by atoms with Crippen LogP contribution in [0.3, 0.4) is 0 Å². The molecule has 2 bridgehead atoms. The minimum atomic E-state index is -0.0565. The van der Waals surface area contributed by atoms with Crippen LogP contribution in [0.25, 0.3) is 0 Å². The van der Waals surface area contributed by atoms with Crippen LogP contribution >= 0.6 is 11.3 Å². The highest BCUT2D eigenvalue weighted by atomic mass is 32.1. The van der Waals surface area contributed by atoms with E-state index >= 15 is 0 Å². The Kier molecular flexibility index (Phi) is 4.87. The second-order valence-corrected chi connectivity index (χ2v) is 8.48. The van der Waals surface area contributed by atoms with E-state index in [1.54, 1.807) is 11.3 Å². The summed E-state index contributed by atoms with van der Waals surface area (Å²) in [6.07, 6.45) is 3.95. The van der Waals surface area contributed by atoms with Gasteiger partial charge in [0, 0.05) is 46.7 Å². The number of thiophene rings is 1. The Morgan fingerprint density at radius 2 is 2.00 bits per heavy atom. The molecule has 0 aromatic carbocycles. The first-order valence-electron chi connectivity index (χ1n) is 8.50. The van der Waals surface area contributed by atoms with E-state index in [1.807, 2.05) is 19.9 Å². The number of carbonyl (C=O) groups is 2. The van der Waals surface area contributed by atoms with Gasteiger partial charge in [0.1, 0.15) is 0 Å². The SMILES string of the molecule is Cc1cc(C(=O)CCC(=O)NC2C3CCC(C3)C2CO)c(C)s1. The second kappa shape index (κ2) is 6.73. The molecule has 2 fully saturated rings. The number of Topliss-reactive ketones (excluding diaryl/α,β-unsaturated/α-hetero) is 1. The van der Waals surface area contributed by atoms with Crippen LogP contribution in [0.1, 0.15) is 52.2 Å². The molecule has 126 valence electrons. The molecule has 23 heavy (non-hydrogen) atoms. The summed E-state index contributed by atoms with van der Waals surface area (Å²) >= 11 is 1.62. The first-order chi connectivity index (χ1) is 11.0. The summed E-state index contributed by atoms with van der Waals surface area (Å²) in [6.45, 7) is 4.09. The Bertz CT molecular complexity index is 609. The zero-order valence-electron chi connectivity index (χ0n) is 13.8. The lowest BCUT2D eigenvalue weighted by molar-refractivity contribution is -0.122. The maximum absolute atomic E-state index is 12.3. The topological polar surface area (TPSA) is 66.4 Å². The van der Waals surface area contributed by atoms with Crippen molar-refractivity contribution in [1.82, 2.24) is 5.32 Å². The highest BCUT2D eigenvalue weighted by Gasteiger charge is 2.47. The van der Waals surface area contributed by atoms with E-state index in [0.717, 1.165) is 28.2 Å². The van der Waals surface area contributed by atoms with Crippen molar-refractivity contribution in [2.75, 3.05) is 6.61 Å². The molecular weight excluding hydrogens is 310 g/mol. The van der Waals surface area contributed by atoms with Crippen LogP contribution in [0.15, 0.2) is 6.07 Å². The maximum atomic E-state index is 12.3. The van der Waals surface area contributed by atoms with Crippen LogP contribution in [0, 0.1) is 31.6 Å². The van der Waals surface area contributed by atoms with Gasteiger partial charge in [0.2, 0.25) is 5.91 Å². The molecule has 0 saturated heterocycles. The third kappa shape index (κ3) is 3.36. The summed E-state index contributed by atoms with van der Waals surface area (Å²) in [7, 11) is 0. The molecule has 4 nitrogen and oxygen atoms in total. The van der Waals surface area contributed by atoms with E-state index in [2.05, 4.69) is 5.32 Å². The summed E-state index contributed by atoms with van der Waals surface area (Å²) in [4.78, 5) is 26.6. The van der Waals surface area contributed by atoms with Crippen LogP contribution < -0.4 is 5.32 Å². The molecule has 0 aliphatic heterocycles. The molecule has 2 saturated carbocycles. The van der Waals surface area contributed by atoms with Crippen LogP contribution in [0.5, 0.6) is 0 Å². The minimum absolute atomic E-state index is 0.0497. The molecule has 1 heterocycles. The van der Waals surface area contributed by atoms with E-state index < -0.39 is 0 Å². The predicted octanol–water partition coefficient (Wildman–Crippen LogP) is 2.85. The lowest BCUT2D eigenvalue weighted by Gasteiger charge is -2.30. The van der Waals surface area contributed by atoms with Gasteiger partial charge in [-0.1, -0.05) is 0 Å². The highest BCUT2D eigenvalue weighted by molar-refractivity contribution is 7.12. The number of aliphatic hydroxyl groups is 1. The average molecular weight is 335 g/mol. The second-order valence-electron chi connectivity index (χ2n) is 7.02. The highest BCUT2D eigenvalue weighted by Crippen LogP contribution is 2.48. The first-order valence-corrected chi connectivity index (χ1v) is 9.31. The number of fused-ring (bicyclic) bond motifs is 2. The normalized spacial score (nSPS) is 29.0. The lowest BCUT2D eigenvalue weighted by Crippen LogP contribution is -2.45. The molecular formula is C18H25NO3S. The number of rotatable bonds is 6. The Labute approximate surface area is 141 Å². The number of carbonyl (C=O) groups excluding carboxylic acids is 2. The summed E-state index contributed by atoms with van der Waals surface area (Å²) in [6, 6.07) is 2.02. The number of aliphatic hydroxyl groups excluding tert-OH is 1. The quantitative estimate of drug-likeness (QED) is 0.786. The van der Waals surface area contributed by atoms with Crippen LogP contribution in [-0.4, -0.2) is 29.4 Å². The van der Waals surface area contributed by atoms with Gasteiger partial charge in [-0.2, -0.15) is 0 Å². The van der Waals surface area contributed by atoms with Crippen LogP contribution in [-0.2, 0) is 4.79 Å². The molecule has 1 aromatic heterocycles. The van der Waals surface area contributed by atoms with E-state index in [1.165, 1.54) is 6.42 Å². The van der Waals surface area contributed by atoms with E-state index in [-0.39, 0.29) is 43.1 Å². The Balaban J connectivity index is 1.52. The number of hydrogen-bond donors (Lipinski definition) is 2. The molecule has 4 unspecified atom stereocenters. The van der Waals surface area contributed by atoms with Gasteiger partial charge in [0.15, 0.2) is 5.78 Å². The molecule has 0 radical (unpaired) electrons. The van der Waals surface area contributed by atoms with E-state index in [9.17, 15) is 14.7 Å². The molecule has 4 atom stereocenters. The van der Waals surface area contributed by atoms with E-state index in [0.29, 0.717) is 11.8 Å². The van der Waals surface area contributed by atoms with Gasteiger partial charge in [-0.25, -0.2) is 0 Å². The zero-order valence-corrected chi connectivity index (χ0v) is 14.6. The summed E-state index contributed by atoms with van der Waals surface area (Å²) in [5, 5.41) is 12.7. The monoisotopic (exact) mass is 335 g/mol. The fraction of sp³-hybridized carbons (Fsp3) is 0.667. The molecule has 5 heteroatoms. The number of ketones is 1. The number of nitrogens with one attached hydrogen (secondary N) is 1. The van der Waals surface area contributed by atoms with Crippen molar-refractivity contribution in [1.29, 1.82) is 0 Å². The number of hydrogen-bond acceptors (Lipinski definition) is 4. The molecule has 2 aliphatic carbocycles. The zero-order chi connectivity index (χ0) is 16.6. The van der Waals surface area contributed by atoms with Crippen LogP contribution in [0.4, 0.5) is 0 Å². The smallest absolute Gasteiger partial charge is 0.220 e. The van der Waals surface area contributed by atoms with Gasteiger partial charge >= 0.3 is 0 Å². The molecule has 1 amide bonds. The standard InChI is InChI=1S/C18H25NO3S/c1-10-7-14(11(2)23-10)16(21)5-6-17(22)19-18-13-4-3-12(8-13)15(18)9-20/h7,12-13,15,18,20H,3-6,8-9H2,1-2H3,(H,19,22). The molecule has 3 rings (SSSR count). The summed E-state index contributed by atoms with van der Waals surface area (Å²) in [5.41, 5.74) is 0.758. The minimum Gasteiger partial charge on any atom is -0.396 e. The fourth-order valence-electron chi connectivity index (χ4n) is 4.43. The average Bonchev–Trinajstić information content (AvgIpc) is 3.19. The van der Waals surface area contributed by atoms with Crippen molar-refractivity contribution in [2.24, 2.45) is 17.8 Å². The molecule has 1 aromatic rings. The van der Waals surface area contributed by atoms with Crippen molar-refractivity contribution >= 4 is 23.0 Å². The molecule has 0 spiro atoms. The van der Waals surface area contributed by atoms with Gasteiger partial charge in [-0.3, -0.25) is 9.59 Å². The van der Waals surface area contributed by atoms with Crippen molar-refractivity contribution < 1.29 is 14.7 Å². The van der Waals surface area contributed by atoms with Crippen molar-refractivity contribution in [3.05, 3.63) is 21.4 Å². The third-order valence-electron chi connectivity index (χ3n) is 5.55. The first kappa shape index (κ1) is 16.7. The number of aryl methyl sites for hydroxylation is 2. The lowest BCUT2D eigenvalue weighted by atomic mass is 9.85. The van der Waals surface area contributed by atoms with Crippen LogP contribution in [0.2, 0.25) is 0 Å².